The molecule has 1 heterocycles. The lowest BCUT2D eigenvalue weighted by Crippen LogP contribution is -2.14. The first kappa shape index (κ1) is 5.72. The normalized spacial score (nSPS) is 48.3. The van der Waals surface area contributed by atoms with Gasteiger partial charge >= 0.3 is 0 Å². The Balaban J connectivity index is 1.93. The highest BCUT2D eigenvalue weighted by Crippen LogP contribution is 2.41. The molecular weight excluding hydrogens is 112 g/mol. The second kappa shape index (κ2) is 1.98. The van der Waals surface area contributed by atoms with Gasteiger partial charge in [-0.3, -0.25) is 0 Å². The zero-order valence-corrected chi connectivity index (χ0v) is 5.97. The lowest BCUT2D eigenvalue weighted by atomic mass is 9.88. The number of hydrogen-bond donors (Lipinski definition) is 0. The van der Waals surface area contributed by atoms with Crippen LogP contribution in [0, 0.1) is 5.92 Å². The Hall–Kier alpha value is -0.0400. The zero-order valence-electron chi connectivity index (χ0n) is 5.97. The van der Waals surface area contributed by atoms with Gasteiger partial charge in [0.2, 0.25) is 0 Å². The summed E-state index contributed by atoms with van der Waals surface area (Å²) in [5, 5.41) is 0. The van der Waals surface area contributed by atoms with Crippen molar-refractivity contribution in [2.45, 2.75) is 44.8 Å². The van der Waals surface area contributed by atoms with E-state index in [1.807, 2.05) is 0 Å². The molecule has 2 rings (SSSR count). The number of fused-ring (bicyclic) bond motifs is 1. The summed E-state index contributed by atoms with van der Waals surface area (Å²) in [6.45, 7) is 2.27. The van der Waals surface area contributed by atoms with Gasteiger partial charge in [-0.2, -0.15) is 0 Å². The first-order chi connectivity index (χ1) is 4.42. The fourth-order valence-electron chi connectivity index (χ4n) is 1.99. The first-order valence-corrected chi connectivity index (χ1v) is 4.07. The van der Waals surface area contributed by atoms with E-state index in [9.17, 15) is 0 Å². The molecule has 0 aromatic heterocycles. The average molecular weight is 126 g/mol. The van der Waals surface area contributed by atoms with Crippen LogP contribution >= 0.6 is 0 Å². The van der Waals surface area contributed by atoms with Crippen LogP contribution in [0.15, 0.2) is 0 Å². The molecule has 0 radical (unpaired) electrons. The summed E-state index contributed by atoms with van der Waals surface area (Å²) in [4.78, 5) is 0. The van der Waals surface area contributed by atoms with Crippen LogP contribution in [0.3, 0.4) is 0 Å². The van der Waals surface area contributed by atoms with Gasteiger partial charge in [-0.05, 0) is 18.8 Å². The number of hydrogen-bond acceptors (Lipinski definition) is 1. The van der Waals surface area contributed by atoms with Crippen molar-refractivity contribution in [2.24, 2.45) is 5.92 Å². The van der Waals surface area contributed by atoms with Gasteiger partial charge in [0.15, 0.2) is 0 Å². The van der Waals surface area contributed by atoms with Crippen LogP contribution < -0.4 is 0 Å². The molecule has 1 saturated heterocycles. The second-order valence-electron chi connectivity index (χ2n) is 3.24. The van der Waals surface area contributed by atoms with E-state index in [1.54, 1.807) is 0 Å². The van der Waals surface area contributed by atoms with Gasteiger partial charge in [-0.1, -0.05) is 19.8 Å². The lowest BCUT2D eigenvalue weighted by molar-refractivity contribution is 0.315. The van der Waals surface area contributed by atoms with Gasteiger partial charge in [0, 0.05) is 0 Å². The highest BCUT2D eigenvalue weighted by molar-refractivity contribution is 4.93. The predicted molar refractivity (Wildman–Crippen MR) is 36.3 cm³/mol. The Labute approximate surface area is 56.4 Å². The van der Waals surface area contributed by atoms with Crippen molar-refractivity contribution in [1.29, 1.82) is 0 Å². The van der Waals surface area contributed by atoms with Crippen molar-refractivity contribution in [1.82, 2.24) is 0 Å². The van der Waals surface area contributed by atoms with Crippen molar-refractivity contribution in [3.8, 4) is 0 Å². The molecule has 1 saturated carbocycles. The molecule has 0 unspecified atom stereocenters. The van der Waals surface area contributed by atoms with Crippen molar-refractivity contribution in [2.75, 3.05) is 0 Å². The van der Waals surface area contributed by atoms with E-state index in [2.05, 4.69) is 6.92 Å². The number of rotatable bonds is 1. The molecule has 2 fully saturated rings. The molecular formula is C8H14O. The zero-order chi connectivity index (χ0) is 6.27. The molecule has 1 aliphatic heterocycles. The molecule has 1 aliphatic carbocycles. The average Bonchev–Trinajstić information content (AvgIpc) is 2.64. The van der Waals surface area contributed by atoms with Crippen LogP contribution in [0.4, 0.5) is 0 Å². The minimum absolute atomic E-state index is 0.684. The molecule has 0 aromatic carbocycles. The molecule has 9 heavy (non-hydrogen) atoms. The largest absolute Gasteiger partial charge is 0.369 e. The summed E-state index contributed by atoms with van der Waals surface area (Å²) in [7, 11) is 0. The lowest BCUT2D eigenvalue weighted by Gasteiger charge is -2.14. The molecule has 0 spiro atoms. The Morgan fingerprint density at radius 2 is 2.33 bits per heavy atom. The second-order valence-corrected chi connectivity index (χ2v) is 3.24. The number of epoxide rings is 1. The van der Waals surface area contributed by atoms with Gasteiger partial charge in [0.1, 0.15) is 0 Å². The van der Waals surface area contributed by atoms with Crippen LogP contribution in [0.1, 0.15) is 32.6 Å². The quantitative estimate of drug-likeness (QED) is 0.489. The minimum atomic E-state index is 0.684. The third-order valence-corrected chi connectivity index (χ3v) is 2.67. The first-order valence-electron chi connectivity index (χ1n) is 4.07. The topological polar surface area (TPSA) is 12.5 Å². The van der Waals surface area contributed by atoms with Crippen molar-refractivity contribution in [3.05, 3.63) is 0 Å². The van der Waals surface area contributed by atoms with Gasteiger partial charge < -0.3 is 4.74 Å². The molecule has 0 N–H and O–H groups in total. The van der Waals surface area contributed by atoms with E-state index in [0.717, 1.165) is 5.92 Å². The highest BCUT2D eigenvalue weighted by atomic mass is 16.6. The Kier molecular flexibility index (Phi) is 1.26. The summed E-state index contributed by atoms with van der Waals surface area (Å²) in [5.74, 6) is 0.906. The third kappa shape index (κ3) is 0.877. The maximum absolute atomic E-state index is 5.48. The van der Waals surface area contributed by atoms with E-state index in [1.165, 1.54) is 25.7 Å². The molecule has 1 heteroatoms. The van der Waals surface area contributed by atoms with E-state index in [-0.39, 0.29) is 0 Å². The molecule has 52 valence electrons. The van der Waals surface area contributed by atoms with E-state index >= 15 is 0 Å². The highest BCUT2D eigenvalue weighted by Gasteiger charge is 2.45. The molecule has 1 nitrogen and oxygen atoms in total. The maximum atomic E-state index is 5.48. The minimum Gasteiger partial charge on any atom is -0.369 e. The van der Waals surface area contributed by atoms with Crippen molar-refractivity contribution < 1.29 is 4.74 Å². The molecule has 0 amide bonds. The van der Waals surface area contributed by atoms with E-state index in [0.29, 0.717) is 12.2 Å². The molecule has 2 aliphatic rings. The standard InChI is InChI=1S/C8H14O/c1-2-6-4-3-5-7-8(6)9-7/h6-8H,2-5H2,1H3/t6-,7+,8-/m1/s1. The third-order valence-electron chi connectivity index (χ3n) is 2.67. The Morgan fingerprint density at radius 3 is 3.00 bits per heavy atom. The van der Waals surface area contributed by atoms with Crippen molar-refractivity contribution in [3.63, 3.8) is 0 Å². The summed E-state index contributed by atoms with van der Waals surface area (Å²) in [6.07, 6.45) is 6.84. The van der Waals surface area contributed by atoms with Gasteiger partial charge in [-0.15, -0.1) is 0 Å². The molecule has 0 aromatic rings. The SMILES string of the molecule is CC[C@@H]1CCC[C@@H]2O[C@H]12. The maximum Gasteiger partial charge on any atom is 0.0869 e. The summed E-state index contributed by atoms with van der Waals surface area (Å²) in [6, 6.07) is 0. The van der Waals surface area contributed by atoms with E-state index < -0.39 is 0 Å². The monoisotopic (exact) mass is 126 g/mol. The van der Waals surface area contributed by atoms with Gasteiger partial charge in [0.05, 0.1) is 12.2 Å². The van der Waals surface area contributed by atoms with Gasteiger partial charge in [-0.25, -0.2) is 0 Å². The fraction of sp³-hybridized carbons (Fsp3) is 1.00. The van der Waals surface area contributed by atoms with Crippen LogP contribution in [0.25, 0.3) is 0 Å². The molecule has 0 bridgehead atoms. The Bertz CT molecular complexity index is 111. The predicted octanol–water partition coefficient (Wildman–Crippen LogP) is 1.96. The summed E-state index contributed by atoms with van der Waals surface area (Å²) in [5.41, 5.74) is 0. The van der Waals surface area contributed by atoms with Crippen LogP contribution in [-0.4, -0.2) is 12.2 Å². The van der Waals surface area contributed by atoms with Crippen LogP contribution in [0.2, 0.25) is 0 Å². The smallest absolute Gasteiger partial charge is 0.0869 e. The summed E-state index contributed by atoms with van der Waals surface area (Å²) >= 11 is 0. The van der Waals surface area contributed by atoms with Gasteiger partial charge in [0.25, 0.3) is 0 Å². The Morgan fingerprint density at radius 1 is 1.44 bits per heavy atom. The van der Waals surface area contributed by atoms with E-state index in [4.69, 9.17) is 4.74 Å². The van der Waals surface area contributed by atoms with Crippen LogP contribution in [-0.2, 0) is 4.74 Å². The summed E-state index contributed by atoms with van der Waals surface area (Å²) < 4.78 is 5.48. The fourth-order valence-corrected chi connectivity index (χ4v) is 1.99. The van der Waals surface area contributed by atoms with Crippen LogP contribution in [0.5, 0.6) is 0 Å². The number of ether oxygens (including phenoxy) is 1. The molecule has 3 atom stereocenters. The van der Waals surface area contributed by atoms with Crippen molar-refractivity contribution >= 4 is 0 Å².